The number of nitrogens with zero attached hydrogens (tertiary/aromatic N) is 3. The number of aryl methyl sites for hydroxylation is 1. The Kier molecular flexibility index (Phi) is 6.00. The number of carbonyl (C=O) groups excluding carboxylic acids is 1. The Morgan fingerprint density at radius 2 is 1.91 bits per heavy atom. The summed E-state index contributed by atoms with van der Waals surface area (Å²) in [6, 6.07) is 12.5. The van der Waals surface area contributed by atoms with E-state index in [0.29, 0.717) is 34.6 Å². The van der Waals surface area contributed by atoms with Gasteiger partial charge in [-0.05, 0) is 55.5 Å². The van der Waals surface area contributed by atoms with Gasteiger partial charge in [0, 0.05) is 17.5 Å². The average molecular weight is 484 g/mol. The molecule has 1 saturated carbocycles. The molecule has 3 N–H and O–H groups in total. The van der Waals surface area contributed by atoms with Gasteiger partial charge >= 0.3 is 6.03 Å². The summed E-state index contributed by atoms with van der Waals surface area (Å²) in [5.41, 5.74) is 4.88. The third-order valence-electron chi connectivity index (χ3n) is 6.34. The van der Waals surface area contributed by atoms with Crippen LogP contribution in [0, 0.1) is 0 Å². The highest BCUT2D eigenvalue weighted by Gasteiger charge is 2.24. The molecule has 0 saturated heterocycles. The summed E-state index contributed by atoms with van der Waals surface area (Å²) in [6.07, 6.45) is 6.09. The number of oxime groups is 1. The number of nitrogens with one attached hydrogen (secondary N) is 2. The molecular formula is C24H23Cl2N5O2. The van der Waals surface area contributed by atoms with E-state index in [0.717, 1.165) is 41.8 Å². The van der Waals surface area contributed by atoms with Gasteiger partial charge in [-0.1, -0.05) is 53.3 Å². The minimum absolute atomic E-state index is 0.281. The first-order valence-electron chi connectivity index (χ1n) is 11.0. The van der Waals surface area contributed by atoms with Crippen LogP contribution < -0.4 is 10.6 Å². The lowest BCUT2D eigenvalue weighted by Crippen LogP contribution is -2.21. The van der Waals surface area contributed by atoms with E-state index in [-0.39, 0.29) is 5.02 Å². The predicted octanol–water partition coefficient (Wildman–Crippen LogP) is 6.61. The van der Waals surface area contributed by atoms with E-state index in [1.807, 2.05) is 24.3 Å². The number of amides is 2. The molecule has 7 nitrogen and oxygen atoms in total. The van der Waals surface area contributed by atoms with Crippen LogP contribution in [0.1, 0.15) is 54.8 Å². The van der Waals surface area contributed by atoms with Crippen LogP contribution in [-0.2, 0) is 6.42 Å². The number of hydrogen-bond acceptors (Lipinski definition) is 4. The Morgan fingerprint density at radius 3 is 2.70 bits per heavy atom. The molecular weight excluding hydrogens is 461 g/mol. The summed E-state index contributed by atoms with van der Waals surface area (Å²) in [7, 11) is 0. The van der Waals surface area contributed by atoms with Crippen molar-refractivity contribution in [3.05, 3.63) is 69.3 Å². The number of aromatic nitrogens is 2. The number of hydrogen-bond donors (Lipinski definition) is 3. The van der Waals surface area contributed by atoms with E-state index in [1.54, 1.807) is 22.9 Å². The quantitative estimate of drug-likeness (QED) is 0.288. The molecule has 2 aliphatic carbocycles. The zero-order chi connectivity index (χ0) is 22.9. The average Bonchev–Trinajstić information content (AvgIpc) is 3.55. The second-order valence-corrected chi connectivity index (χ2v) is 9.20. The lowest BCUT2D eigenvalue weighted by Gasteiger charge is -2.12. The Labute approximate surface area is 201 Å². The minimum atomic E-state index is -0.447. The molecule has 9 heteroatoms. The van der Waals surface area contributed by atoms with Gasteiger partial charge in [-0.15, -0.1) is 0 Å². The highest BCUT2D eigenvalue weighted by Crippen LogP contribution is 2.36. The van der Waals surface area contributed by atoms with E-state index in [4.69, 9.17) is 28.3 Å². The van der Waals surface area contributed by atoms with Crippen molar-refractivity contribution in [3.63, 3.8) is 0 Å². The maximum absolute atomic E-state index is 12.8. The SMILES string of the molecule is O=C(Nc1cccc(Cl)c1Cl)Nc1cc(C2CCCC2)nn1-c1ccc2c(c1)C(=NO)CC2. The lowest BCUT2D eigenvalue weighted by atomic mass is 10.0. The number of benzene rings is 2. The van der Waals surface area contributed by atoms with Gasteiger partial charge in [0.15, 0.2) is 0 Å². The van der Waals surface area contributed by atoms with Gasteiger partial charge in [0.2, 0.25) is 0 Å². The van der Waals surface area contributed by atoms with Crippen LogP contribution >= 0.6 is 23.2 Å². The van der Waals surface area contributed by atoms with E-state index >= 15 is 0 Å². The van der Waals surface area contributed by atoms with Gasteiger partial charge in [-0.2, -0.15) is 5.10 Å². The summed E-state index contributed by atoms with van der Waals surface area (Å²) < 4.78 is 1.74. The summed E-state index contributed by atoms with van der Waals surface area (Å²) in [5, 5.41) is 24.0. The van der Waals surface area contributed by atoms with Crippen LogP contribution in [0.2, 0.25) is 10.0 Å². The molecule has 1 aromatic heterocycles. The molecule has 0 spiro atoms. The van der Waals surface area contributed by atoms with Crippen molar-refractivity contribution in [1.82, 2.24) is 9.78 Å². The van der Waals surface area contributed by atoms with E-state index in [1.165, 1.54) is 12.8 Å². The first-order chi connectivity index (χ1) is 16.0. The van der Waals surface area contributed by atoms with Crippen molar-refractivity contribution in [3.8, 4) is 5.69 Å². The molecule has 0 bridgehead atoms. The monoisotopic (exact) mass is 483 g/mol. The molecule has 33 heavy (non-hydrogen) atoms. The van der Waals surface area contributed by atoms with Crippen molar-refractivity contribution in [2.24, 2.45) is 5.16 Å². The van der Waals surface area contributed by atoms with Crippen LogP contribution in [-0.4, -0.2) is 26.7 Å². The van der Waals surface area contributed by atoms with Crippen molar-refractivity contribution >= 4 is 46.4 Å². The Hall–Kier alpha value is -3.03. The Balaban J connectivity index is 1.48. The normalized spacial score (nSPS) is 16.8. The molecule has 1 fully saturated rings. The molecule has 3 aromatic rings. The largest absolute Gasteiger partial charge is 0.411 e. The highest BCUT2D eigenvalue weighted by molar-refractivity contribution is 6.44. The van der Waals surface area contributed by atoms with Crippen molar-refractivity contribution in [1.29, 1.82) is 0 Å². The van der Waals surface area contributed by atoms with Crippen LogP contribution in [0.3, 0.4) is 0 Å². The van der Waals surface area contributed by atoms with Gasteiger partial charge in [-0.25, -0.2) is 9.48 Å². The molecule has 0 unspecified atom stereocenters. The first kappa shape index (κ1) is 21.8. The zero-order valence-corrected chi connectivity index (χ0v) is 19.3. The zero-order valence-electron chi connectivity index (χ0n) is 17.8. The number of fused-ring (bicyclic) bond motifs is 1. The predicted molar refractivity (Wildman–Crippen MR) is 131 cm³/mol. The van der Waals surface area contributed by atoms with Crippen LogP contribution in [0.25, 0.3) is 5.69 Å². The smallest absolute Gasteiger partial charge is 0.324 e. The summed E-state index contributed by atoms with van der Waals surface area (Å²) >= 11 is 12.3. The number of anilines is 2. The molecule has 1 heterocycles. The summed E-state index contributed by atoms with van der Waals surface area (Å²) in [5.74, 6) is 0.925. The molecule has 2 aromatic carbocycles. The number of urea groups is 1. The van der Waals surface area contributed by atoms with Gasteiger partial charge in [0.1, 0.15) is 5.82 Å². The van der Waals surface area contributed by atoms with E-state index in [2.05, 4.69) is 15.8 Å². The van der Waals surface area contributed by atoms with Gasteiger partial charge in [0.05, 0.1) is 32.8 Å². The van der Waals surface area contributed by atoms with E-state index < -0.39 is 6.03 Å². The van der Waals surface area contributed by atoms with Crippen molar-refractivity contribution in [2.75, 3.05) is 10.6 Å². The van der Waals surface area contributed by atoms with E-state index in [9.17, 15) is 10.0 Å². The number of rotatable bonds is 4. The molecule has 5 rings (SSSR count). The summed E-state index contributed by atoms with van der Waals surface area (Å²) in [6.45, 7) is 0. The first-order valence-corrected chi connectivity index (χ1v) is 11.8. The molecule has 0 aliphatic heterocycles. The molecule has 170 valence electrons. The van der Waals surface area contributed by atoms with Gasteiger partial charge in [0.25, 0.3) is 0 Å². The standard InChI is InChI=1S/C24H23Cl2N5O2/c25-18-6-3-7-20(23(18)26)27-24(32)28-22-13-21(15-4-1-2-5-15)29-31(22)16-10-8-14-9-11-19(30-33)17(14)12-16/h3,6-8,10,12-13,15,33H,1-2,4-5,9,11H2,(H2,27,28,32). The van der Waals surface area contributed by atoms with Crippen LogP contribution in [0.5, 0.6) is 0 Å². The molecule has 0 atom stereocenters. The topological polar surface area (TPSA) is 91.5 Å². The third-order valence-corrected chi connectivity index (χ3v) is 7.16. The lowest BCUT2D eigenvalue weighted by molar-refractivity contribution is 0.262. The maximum Gasteiger partial charge on any atom is 0.324 e. The fraction of sp³-hybridized carbons (Fsp3) is 0.292. The van der Waals surface area contributed by atoms with Crippen molar-refractivity contribution in [2.45, 2.75) is 44.4 Å². The van der Waals surface area contributed by atoms with Crippen LogP contribution in [0.15, 0.2) is 47.6 Å². The highest BCUT2D eigenvalue weighted by atomic mass is 35.5. The third kappa shape index (κ3) is 4.30. The minimum Gasteiger partial charge on any atom is -0.411 e. The molecule has 2 amide bonds. The number of carbonyl (C=O) groups is 1. The fourth-order valence-corrected chi connectivity index (χ4v) is 5.00. The Morgan fingerprint density at radius 1 is 1.09 bits per heavy atom. The second kappa shape index (κ2) is 9.08. The summed E-state index contributed by atoms with van der Waals surface area (Å²) in [4.78, 5) is 12.8. The van der Waals surface area contributed by atoms with Gasteiger partial charge < -0.3 is 10.5 Å². The fourth-order valence-electron chi connectivity index (χ4n) is 4.65. The molecule has 0 radical (unpaired) electrons. The Bertz CT molecular complexity index is 1250. The van der Waals surface area contributed by atoms with Crippen molar-refractivity contribution < 1.29 is 10.0 Å². The maximum atomic E-state index is 12.8. The van der Waals surface area contributed by atoms with Gasteiger partial charge in [-0.3, -0.25) is 5.32 Å². The second-order valence-electron chi connectivity index (χ2n) is 8.42. The van der Waals surface area contributed by atoms with Crippen LogP contribution in [0.4, 0.5) is 16.3 Å². The number of halogens is 2. The molecule has 2 aliphatic rings.